The fourth-order valence-electron chi connectivity index (χ4n) is 2.54. The molecule has 0 aliphatic carbocycles. The Bertz CT molecular complexity index is 948. The lowest BCUT2D eigenvalue weighted by molar-refractivity contribution is -0.150. The first-order valence-electron chi connectivity index (χ1n) is 9.34. The molecule has 1 aromatic heterocycles. The summed E-state index contributed by atoms with van der Waals surface area (Å²) in [6.07, 6.45) is 0. The number of benzene rings is 1. The normalized spacial score (nSPS) is 11.3. The van der Waals surface area contributed by atoms with Gasteiger partial charge in [0.25, 0.3) is 11.8 Å². The molecule has 1 aromatic carbocycles. The van der Waals surface area contributed by atoms with E-state index in [1.54, 1.807) is 49.6 Å². The minimum atomic E-state index is -0.948. The zero-order valence-corrected chi connectivity index (χ0v) is 17.7. The van der Waals surface area contributed by atoms with Crippen molar-refractivity contribution < 1.29 is 23.9 Å². The number of para-hydroxylation sites is 1. The Balaban J connectivity index is 1.99. The first kappa shape index (κ1) is 22.9. The molecule has 0 fully saturated rings. The van der Waals surface area contributed by atoms with Gasteiger partial charge in [-0.2, -0.15) is 5.26 Å². The third-order valence-corrected chi connectivity index (χ3v) is 4.85. The third kappa shape index (κ3) is 6.06. The molecule has 2 N–H and O–H groups in total. The highest BCUT2D eigenvalue weighted by molar-refractivity contribution is 7.14. The third-order valence-electron chi connectivity index (χ3n) is 4.02. The Hall–Kier alpha value is -3.38. The van der Waals surface area contributed by atoms with Crippen molar-refractivity contribution in [1.29, 1.82) is 5.26 Å². The number of carbonyl (C=O) groups excluding carboxylic acids is 3. The zero-order valence-electron chi connectivity index (χ0n) is 16.9. The zero-order chi connectivity index (χ0) is 22.1. The first-order chi connectivity index (χ1) is 14.4. The van der Waals surface area contributed by atoms with Crippen LogP contribution in [0.1, 0.15) is 36.7 Å². The summed E-state index contributed by atoms with van der Waals surface area (Å²) in [6, 6.07) is 9.31. The predicted octanol–water partition coefficient (Wildman–Crippen LogP) is 2.95. The van der Waals surface area contributed by atoms with Crippen LogP contribution in [0.25, 0.3) is 0 Å². The Morgan fingerprint density at radius 1 is 1.20 bits per heavy atom. The van der Waals surface area contributed by atoms with Crippen molar-refractivity contribution >= 4 is 34.1 Å². The molecule has 158 valence electrons. The Morgan fingerprint density at radius 2 is 1.93 bits per heavy atom. The molecule has 1 heterocycles. The minimum absolute atomic E-state index is 0.272. The summed E-state index contributed by atoms with van der Waals surface area (Å²) < 4.78 is 10.5. The summed E-state index contributed by atoms with van der Waals surface area (Å²) >= 11 is 1.20. The van der Waals surface area contributed by atoms with Crippen LogP contribution >= 0.6 is 11.3 Å². The van der Waals surface area contributed by atoms with Crippen molar-refractivity contribution in [2.45, 2.75) is 26.8 Å². The molecule has 0 saturated carbocycles. The van der Waals surface area contributed by atoms with E-state index in [9.17, 15) is 14.4 Å². The van der Waals surface area contributed by atoms with Crippen LogP contribution in [-0.4, -0.2) is 37.0 Å². The number of esters is 1. The molecular formula is C21H23N3O5S. The highest BCUT2D eigenvalue weighted by atomic mass is 32.1. The Labute approximate surface area is 178 Å². The number of ether oxygens (including phenoxy) is 2. The number of hydrogen-bond donors (Lipinski definition) is 2. The van der Waals surface area contributed by atoms with E-state index in [4.69, 9.17) is 14.7 Å². The van der Waals surface area contributed by atoms with Gasteiger partial charge in [0.1, 0.15) is 22.9 Å². The number of carbonyl (C=O) groups is 3. The molecule has 0 radical (unpaired) electrons. The van der Waals surface area contributed by atoms with Gasteiger partial charge in [-0.25, -0.2) is 4.79 Å². The van der Waals surface area contributed by atoms with E-state index in [0.717, 1.165) is 0 Å². The molecule has 30 heavy (non-hydrogen) atoms. The van der Waals surface area contributed by atoms with Crippen molar-refractivity contribution in [2.75, 3.05) is 18.5 Å². The fraction of sp³-hybridized carbons (Fsp3) is 0.333. The van der Waals surface area contributed by atoms with Crippen molar-refractivity contribution in [2.24, 2.45) is 5.92 Å². The molecule has 0 aliphatic rings. The second kappa shape index (κ2) is 11.0. The number of thiophene rings is 1. The number of nitrogens with one attached hydrogen (secondary N) is 2. The molecule has 9 heteroatoms. The van der Waals surface area contributed by atoms with Gasteiger partial charge in [0.2, 0.25) is 0 Å². The van der Waals surface area contributed by atoms with Gasteiger partial charge >= 0.3 is 5.97 Å². The molecule has 0 aliphatic heterocycles. The maximum absolute atomic E-state index is 12.7. The van der Waals surface area contributed by atoms with Crippen molar-refractivity contribution in [1.82, 2.24) is 5.32 Å². The summed E-state index contributed by atoms with van der Waals surface area (Å²) in [5.74, 6) is -1.63. The van der Waals surface area contributed by atoms with Crippen LogP contribution in [0.3, 0.4) is 0 Å². The van der Waals surface area contributed by atoms with Crippen LogP contribution in [-0.2, 0) is 14.3 Å². The molecule has 2 amide bonds. The molecule has 0 spiro atoms. The highest BCUT2D eigenvalue weighted by Crippen LogP contribution is 2.22. The van der Waals surface area contributed by atoms with E-state index in [0.29, 0.717) is 28.5 Å². The van der Waals surface area contributed by atoms with E-state index < -0.39 is 30.4 Å². The molecule has 2 aromatic rings. The van der Waals surface area contributed by atoms with Crippen LogP contribution in [0.15, 0.2) is 35.7 Å². The lowest BCUT2D eigenvalue weighted by atomic mass is 10.0. The van der Waals surface area contributed by atoms with Gasteiger partial charge < -0.3 is 20.1 Å². The SMILES string of the molecule is CCOc1ccccc1C(=O)N[C@@H](C(=O)OCC(=O)Nc1sccc1C#N)C(C)C. The van der Waals surface area contributed by atoms with Crippen LogP contribution < -0.4 is 15.4 Å². The maximum Gasteiger partial charge on any atom is 0.329 e. The quantitative estimate of drug-likeness (QED) is 0.592. The minimum Gasteiger partial charge on any atom is -0.493 e. The highest BCUT2D eigenvalue weighted by Gasteiger charge is 2.27. The Kier molecular flexibility index (Phi) is 8.38. The lowest BCUT2D eigenvalue weighted by Crippen LogP contribution is -2.46. The molecule has 8 nitrogen and oxygen atoms in total. The lowest BCUT2D eigenvalue weighted by Gasteiger charge is -2.21. The predicted molar refractivity (Wildman–Crippen MR) is 112 cm³/mol. The van der Waals surface area contributed by atoms with Crippen molar-refractivity contribution in [3.05, 3.63) is 46.8 Å². The number of nitrogens with zero attached hydrogens (tertiary/aromatic N) is 1. The fourth-order valence-corrected chi connectivity index (χ4v) is 3.29. The largest absolute Gasteiger partial charge is 0.493 e. The molecule has 1 atom stereocenters. The van der Waals surface area contributed by atoms with Crippen LogP contribution in [0, 0.1) is 17.2 Å². The average Bonchev–Trinajstić information content (AvgIpc) is 3.17. The van der Waals surface area contributed by atoms with E-state index in [2.05, 4.69) is 10.6 Å². The van der Waals surface area contributed by atoms with Crippen LogP contribution in [0.4, 0.5) is 5.00 Å². The van der Waals surface area contributed by atoms with Gasteiger partial charge in [0.05, 0.1) is 17.7 Å². The van der Waals surface area contributed by atoms with E-state index in [-0.39, 0.29) is 5.92 Å². The van der Waals surface area contributed by atoms with E-state index in [1.807, 2.05) is 13.0 Å². The topological polar surface area (TPSA) is 118 Å². The first-order valence-corrected chi connectivity index (χ1v) is 10.2. The number of rotatable bonds is 9. The summed E-state index contributed by atoms with van der Waals surface area (Å²) in [7, 11) is 0. The standard InChI is InChI=1S/C21H23N3O5S/c1-4-28-16-8-6-5-7-15(16)19(26)24-18(13(2)3)21(27)29-12-17(25)23-20-14(11-22)9-10-30-20/h5-10,13,18H,4,12H2,1-3H3,(H,23,25)(H,24,26)/t18-/m1/s1. The molecule has 0 unspecified atom stereocenters. The van der Waals surface area contributed by atoms with Gasteiger partial charge in [-0.15, -0.1) is 11.3 Å². The number of anilines is 1. The summed E-state index contributed by atoms with van der Waals surface area (Å²) in [5.41, 5.74) is 0.636. The average molecular weight is 429 g/mol. The monoisotopic (exact) mass is 429 g/mol. The number of nitriles is 1. The number of hydrogen-bond acceptors (Lipinski definition) is 7. The molecule has 2 rings (SSSR count). The second-order valence-electron chi connectivity index (χ2n) is 6.56. The van der Waals surface area contributed by atoms with Crippen molar-refractivity contribution in [3.8, 4) is 11.8 Å². The summed E-state index contributed by atoms with van der Waals surface area (Å²) in [5, 5.41) is 16.2. The van der Waals surface area contributed by atoms with E-state index >= 15 is 0 Å². The van der Waals surface area contributed by atoms with Gasteiger partial charge in [0.15, 0.2) is 6.61 Å². The van der Waals surface area contributed by atoms with Gasteiger partial charge in [0, 0.05) is 0 Å². The second-order valence-corrected chi connectivity index (χ2v) is 7.47. The summed E-state index contributed by atoms with van der Waals surface area (Å²) in [4.78, 5) is 37.2. The summed E-state index contributed by atoms with van der Waals surface area (Å²) in [6.45, 7) is 5.18. The smallest absolute Gasteiger partial charge is 0.329 e. The molecule has 0 bridgehead atoms. The van der Waals surface area contributed by atoms with Gasteiger partial charge in [-0.3, -0.25) is 9.59 Å². The van der Waals surface area contributed by atoms with Crippen molar-refractivity contribution in [3.63, 3.8) is 0 Å². The van der Waals surface area contributed by atoms with Crippen LogP contribution in [0.5, 0.6) is 5.75 Å². The molecule has 0 saturated heterocycles. The van der Waals surface area contributed by atoms with Gasteiger partial charge in [-0.1, -0.05) is 26.0 Å². The van der Waals surface area contributed by atoms with E-state index in [1.165, 1.54) is 11.3 Å². The van der Waals surface area contributed by atoms with Crippen LogP contribution in [0.2, 0.25) is 0 Å². The Morgan fingerprint density at radius 3 is 2.60 bits per heavy atom. The maximum atomic E-state index is 12.7. The number of amides is 2. The van der Waals surface area contributed by atoms with Gasteiger partial charge in [-0.05, 0) is 36.4 Å². The molecular weight excluding hydrogens is 406 g/mol.